The molecule has 7 nitrogen and oxygen atoms in total. The van der Waals surface area contributed by atoms with Crippen molar-refractivity contribution in [2.45, 2.75) is 39.0 Å². The Balaban J connectivity index is 1.81. The van der Waals surface area contributed by atoms with Crippen LogP contribution in [-0.4, -0.2) is 20.6 Å². The molecule has 0 saturated carbocycles. The van der Waals surface area contributed by atoms with Crippen LogP contribution in [0.25, 0.3) is 10.2 Å². The number of fused-ring (bicyclic) bond motifs is 3. The average molecular weight is 434 g/mol. The van der Waals surface area contributed by atoms with Gasteiger partial charge in [0.15, 0.2) is 0 Å². The number of hydrogen-bond acceptors (Lipinski definition) is 5. The molecule has 3 aromatic rings. The molecule has 2 aromatic heterocycles. The van der Waals surface area contributed by atoms with Crippen LogP contribution in [0.2, 0.25) is 5.02 Å². The first-order valence-electron chi connectivity index (χ1n) is 9.10. The highest BCUT2D eigenvalue weighted by molar-refractivity contribution is 7.19. The minimum Gasteiger partial charge on any atom is -0.370 e. The summed E-state index contributed by atoms with van der Waals surface area (Å²) in [5.41, 5.74) is 0.525. The number of halogens is 1. The first-order valence-corrected chi connectivity index (χ1v) is 10.3. The Hall–Kier alpha value is -2.42. The zero-order valence-electron chi connectivity index (χ0n) is 16.2. The van der Waals surface area contributed by atoms with Crippen molar-refractivity contribution in [2.75, 3.05) is 5.32 Å². The summed E-state index contributed by atoms with van der Waals surface area (Å²) >= 11 is 7.48. The zero-order valence-corrected chi connectivity index (χ0v) is 17.8. The fourth-order valence-corrected chi connectivity index (χ4v) is 5.17. The van der Waals surface area contributed by atoms with Crippen LogP contribution in [0.5, 0.6) is 0 Å². The maximum atomic E-state index is 12.9. The molecule has 0 bridgehead atoms. The summed E-state index contributed by atoms with van der Waals surface area (Å²) in [6.07, 6.45) is 0.644. The highest BCUT2D eigenvalue weighted by Gasteiger charge is 2.31. The highest BCUT2D eigenvalue weighted by Crippen LogP contribution is 2.37. The fraction of sp³-hybridized carbons (Fsp3) is 0.350. The molecule has 1 aromatic carbocycles. The summed E-state index contributed by atoms with van der Waals surface area (Å²) in [5.74, 6) is -0.405. The SMILES string of the molecule is Cn1c(=O)c2sc3c(c2n(CC(=O)Nc2ccccc2Cl)c1=O)COC(C)(C)C3. The monoisotopic (exact) mass is 433 g/mol. The molecule has 0 fully saturated rings. The topological polar surface area (TPSA) is 82.3 Å². The number of amides is 1. The Morgan fingerprint density at radius 2 is 2.03 bits per heavy atom. The number of benzene rings is 1. The number of ether oxygens (including phenoxy) is 1. The molecule has 152 valence electrons. The second-order valence-electron chi connectivity index (χ2n) is 7.67. The Kier molecular flexibility index (Phi) is 4.88. The van der Waals surface area contributed by atoms with Crippen LogP contribution in [0.1, 0.15) is 24.3 Å². The molecule has 0 unspecified atom stereocenters. The van der Waals surface area contributed by atoms with E-state index in [0.29, 0.717) is 34.0 Å². The molecule has 0 saturated heterocycles. The van der Waals surface area contributed by atoms with Crippen molar-refractivity contribution in [2.24, 2.45) is 7.05 Å². The van der Waals surface area contributed by atoms with Gasteiger partial charge in [-0.25, -0.2) is 4.79 Å². The number of carbonyl (C=O) groups is 1. The summed E-state index contributed by atoms with van der Waals surface area (Å²) in [6, 6.07) is 6.87. The second-order valence-corrected chi connectivity index (χ2v) is 9.18. The van der Waals surface area contributed by atoms with Crippen LogP contribution in [0.3, 0.4) is 0 Å². The molecule has 0 spiro atoms. The number of anilines is 1. The molecule has 0 atom stereocenters. The molecule has 3 heterocycles. The second kappa shape index (κ2) is 7.12. The van der Waals surface area contributed by atoms with Crippen molar-refractivity contribution in [3.05, 3.63) is 60.6 Å². The fourth-order valence-electron chi connectivity index (χ4n) is 3.49. The summed E-state index contributed by atoms with van der Waals surface area (Å²) in [4.78, 5) is 39.2. The molecule has 1 aliphatic rings. The number of hydrogen-bond donors (Lipinski definition) is 1. The molecule has 0 aliphatic carbocycles. The van der Waals surface area contributed by atoms with Crippen LogP contribution in [0.4, 0.5) is 5.69 Å². The minimum atomic E-state index is -0.540. The van der Waals surface area contributed by atoms with Gasteiger partial charge in [-0.15, -0.1) is 11.3 Å². The minimum absolute atomic E-state index is 0.235. The van der Waals surface area contributed by atoms with Gasteiger partial charge in [0, 0.05) is 23.9 Å². The number of nitrogens with one attached hydrogen (secondary N) is 1. The summed E-state index contributed by atoms with van der Waals surface area (Å²) in [6.45, 7) is 4.04. The van der Waals surface area contributed by atoms with Gasteiger partial charge in [-0.1, -0.05) is 23.7 Å². The number of para-hydroxylation sites is 1. The standard InChI is InChI=1S/C20H20ClN3O4S/c1-20(2)8-14-11(10-28-20)16-17(29-14)18(26)23(3)19(27)24(16)9-15(25)22-13-7-5-4-6-12(13)21/h4-7H,8-10H2,1-3H3,(H,22,25). The number of carbonyl (C=O) groups excluding carboxylic acids is 1. The lowest BCUT2D eigenvalue weighted by molar-refractivity contribution is -0.116. The van der Waals surface area contributed by atoms with E-state index in [9.17, 15) is 14.4 Å². The molecule has 4 rings (SSSR count). The Morgan fingerprint density at radius 3 is 2.76 bits per heavy atom. The van der Waals surface area contributed by atoms with Gasteiger partial charge in [0.05, 0.1) is 28.4 Å². The molecular formula is C20H20ClN3O4S. The lowest BCUT2D eigenvalue weighted by Gasteiger charge is -2.30. The van der Waals surface area contributed by atoms with E-state index in [-0.39, 0.29) is 17.7 Å². The molecule has 29 heavy (non-hydrogen) atoms. The highest BCUT2D eigenvalue weighted by atomic mass is 35.5. The first kappa shape index (κ1) is 19.9. The van der Waals surface area contributed by atoms with Gasteiger partial charge in [0.1, 0.15) is 11.2 Å². The normalized spacial score (nSPS) is 15.3. The lowest BCUT2D eigenvalue weighted by atomic mass is 9.98. The van der Waals surface area contributed by atoms with Crippen molar-refractivity contribution in [3.63, 3.8) is 0 Å². The third-order valence-electron chi connectivity index (χ3n) is 4.99. The van der Waals surface area contributed by atoms with Crippen LogP contribution in [0.15, 0.2) is 33.9 Å². The third kappa shape index (κ3) is 3.52. The lowest BCUT2D eigenvalue weighted by Crippen LogP contribution is -2.40. The van der Waals surface area contributed by atoms with Crippen LogP contribution >= 0.6 is 22.9 Å². The summed E-state index contributed by atoms with van der Waals surface area (Å²) in [5, 5.41) is 3.13. The van der Waals surface area contributed by atoms with E-state index in [1.54, 1.807) is 24.3 Å². The van der Waals surface area contributed by atoms with Crippen LogP contribution in [-0.2, 0) is 36.2 Å². The van der Waals surface area contributed by atoms with Gasteiger partial charge < -0.3 is 10.1 Å². The van der Waals surface area contributed by atoms with Crippen molar-refractivity contribution in [1.82, 2.24) is 9.13 Å². The third-order valence-corrected chi connectivity index (χ3v) is 6.53. The number of aromatic nitrogens is 2. The largest absolute Gasteiger partial charge is 0.370 e. The van der Waals surface area contributed by atoms with Gasteiger partial charge in [0.25, 0.3) is 5.56 Å². The van der Waals surface area contributed by atoms with Crippen molar-refractivity contribution < 1.29 is 9.53 Å². The van der Waals surface area contributed by atoms with E-state index in [1.165, 1.54) is 23.0 Å². The maximum absolute atomic E-state index is 12.9. The Bertz CT molecular complexity index is 1260. The van der Waals surface area contributed by atoms with Gasteiger partial charge in [-0.05, 0) is 26.0 Å². The van der Waals surface area contributed by atoms with Gasteiger partial charge in [-0.3, -0.25) is 18.7 Å². The van der Waals surface area contributed by atoms with Gasteiger partial charge in [0.2, 0.25) is 5.91 Å². The Morgan fingerprint density at radius 1 is 1.31 bits per heavy atom. The smallest absolute Gasteiger partial charge is 0.331 e. The quantitative estimate of drug-likeness (QED) is 0.688. The van der Waals surface area contributed by atoms with Crippen molar-refractivity contribution in [3.8, 4) is 0 Å². The zero-order chi connectivity index (χ0) is 20.9. The predicted octanol–water partition coefficient (Wildman–Crippen LogP) is 2.91. The van der Waals surface area contributed by atoms with Crippen LogP contribution in [0, 0.1) is 0 Å². The first-order chi connectivity index (χ1) is 13.7. The van der Waals surface area contributed by atoms with E-state index in [2.05, 4.69) is 5.32 Å². The molecule has 0 radical (unpaired) electrons. The predicted molar refractivity (Wildman–Crippen MR) is 114 cm³/mol. The van der Waals surface area contributed by atoms with Gasteiger partial charge >= 0.3 is 5.69 Å². The van der Waals surface area contributed by atoms with Crippen LogP contribution < -0.4 is 16.6 Å². The van der Waals surface area contributed by atoms with Gasteiger partial charge in [-0.2, -0.15) is 0 Å². The van der Waals surface area contributed by atoms with Crippen molar-refractivity contribution in [1.29, 1.82) is 0 Å². The number of nitrogens with zero attached hydrogens (tertiary/aromatic N) is 2. The molecular weight excluding hydrogens is 414 g/mol. The Labute approximate surface area is 175 Å². The van der Waals surface area contributed by atoms with E-state index in [0.717, 1.165) is 15.0 Å². The van der Waals surface area contributed by atoms with Crippen molar-refractivity contribution >= 4 is 44.7 Å². The van der Waals surface area contributed by atoms with E-state index >= 15 is 0 Å². The summed E-state index contributed by atoms with van der Waals surface area (Å²) in [7, 11) is 1.42. The molecule has 1 N–H and O–H groups in total. The molecule has 1 amide bonds. The summed E-state index contributed by atoms with van der Waals surface area (Å²) < 4.78 is 8.75. The van der Waals surface area contributed by atoms with E-state index < -0.39 is 11.6 Å². The average Bonchev–Trinajstić information content (AvgIpc) is 3.02. The number of rotatable bonds is 3. The maximum Gasteiger partial charge on any atom is 0.331 e. The number of thiophene rings is 1. The van der Waals surface area contributed by atoms with E-state index in [1.807, 2.05) is 13.8 Å². The molecule has 1 aliphatic heterocycles. The molecule has 9 heteroatoms. The van der Waals surface area contributed by atoms with E-state index in [4.69, 9.17) is 16.3 Å².